The third-order valence-corrected chi connectivity index (χ3v) is 5.12. The molecule has 1 aliphatic carbocycles. The highest BCUT2D eigenvalue weighted by atomic mass is 16.5. The normalized spacial score (nSPS) is 24.6. The van der Waals surface area contributed by atoms with Gasteiger partial charge in [-0.25, -0.2) is 0 Å². The molecule has 2 rings (SSSR count). The molecule has 1 fully saturated rings. The number of carbonyl (C=O) groups excluding carboxylic acids is 1. The number of benzene rings is 1. The van der Waals surface area contributed by atoms with Crippen LogP contribution in [0.4, 0.5) is 0 Å². The van der Waals surface area contributed by atoms with Crippen molar-refractivity contribution in [1.82, 2.24) is 0 Å². The molecule has 0 aromatic heterocycles. The molecule has 1 N–H and O–H groups in total. The number of esters is 1. The molecule has 0 saturated heterocycles. The third-order valence-electron chi connectivity index (χ3n) is 5.12. The van der Waals surface area contributed by atoms with Gasteiger partial charge in [-0.2, -0.15) is 0 Å². The van der Waals surface area contributed by atoms with Crippen LogP contribution in [0.1, 0.15) is 58.1 Å². The Balaban J connectivity index is 2.60. The molecule has 0 amide bonds. The topological polar surface area (TPSA) is 46.5 Å². The number of aryl methyl sites for hydroxylation is 1. The van der Waals surface area contributed by atoms with Gasteiger partial charge in [0.2, 0.25) is 0 Å². The second kappa shape index (κ2) is 4.80. The highest BCUT2D eigenvalue weighted by Crippen LogP contribution is 2.56. The SMILES string of the molecule is CC(=O)Oc1cc(O)c(C)cc1[C@]1(C)CCCC1(C)C. The van der Waals surface area contributed by atoms with Crippen LogP contribution in [0.25, 0.3) is 0 Å². The lowest BCUT2D eigenvalue weighted by Gasteiger charge is -2.40. The second-order valence-electron chi connectivity index (χ2n) is 6.80. The maximum absolute atomic E-state index is 11.3. The van der Waals surface area contributed by atoms with E-state index in [1.165, 1.54) is 13.3 Å². The van der Waals surface area contributed by atoms with E-state index in [0.717, 1.165) is 24.0 Å². The van der Waals surface area contributed by atoms with Crippen LogP contribution in [0.15, 0.2) is 12.1 Å². The zero-order chi connectivity index (χ0) is 15.1. The molecule has 1 atom stereocenters. The number of hydrogen-bond donors (Lipinski definition) is 1. The molecule has 1 aromatic carbocycles. The van der Waals surface area contributed by atoms with Gasteiger partial charge in [-0.15, -0.1) is 0 Å². The first-order valence-electron chi connectivity index (χ1n) is 7.20. The quantitative estimate of drug-likeness (QED) is 0.653. The summed E-state index contributed by atoms with van der Waals surface area (Å²) < 4.78 is 5.35. The number of phenolic OH excluding ortho intramolecular Hbond substituents is 1. The Hall–Kier alpha value is -1.51. The Bertz CT molecular complexity index is 545. The molecule has 0 bridgehead atoms. The monoisotopic (exact) mass is 276 g/mol. The van der Waals surface area contributed by atoms with Gasteiger partial charge in [-0.3, -0.25) is 4.79 Å². The summed E-state index contributed by atoms with van der Waals surface area (Å²) in [5, 5.41) is 9.90. The van der Waals surface area contributed by atoms with Gasteiger partial charge in [0.15, 0.2) is 0 Å². The Morgan fingerprint density at radius 2 is 1.90 bits per heavy atom. The van der Waals surface area contributed by atoms with Gasteiger partial charge in [0, 0.05) is 24.0 Å². The van der Waals surface area contributed by atoms with Crippen LogP contribution in [0, 0.1) is 12.3 Å². The first-order chi connectivity index (χ1) is 9.17. The van der Waals surface area contributed by atoms with E-state index in [0.29, 0.717) is 5.75 Å². The summed E-state index contributed by atoms with van der Waals surface area (Å²) >= 11 is 0. The average Bonchev–Trinajstić information content (AvgIpc) is 2.58. The van der Waals surface area contributed by atoms with E-state index in [9.17, 15) is 9.90 Å². The zero-order valence-electron chi connectivity index (χ0n) is 13.0. The van der Waals surface area contributed by atoms with Gasteiger partial charge in [0.25, 0.3) is 0 Å². The third kappa shape index (κ3) is 2.30. The molecule has 1 aromatic rings. The van der Waals surface area contributed by atoms with Gasteiger partial charge in [0.05, 0.1) is 0 Å². The summed E-state index contributed by atoms with van der Waals surface area (Å²) in [4.78, 5) is 11.3. The van der Waals surface area contributed by atoms with Crippen molar-refractivity contribution in [2.45, 2.75) is 59.3 Å². The summed E-state index contributed by atoms with van der Waals surface area (Å²) in [5.41, 5.74) is 1.95. The molecule has 0 spiro atoms. The van der Waals surface area contributed by atoms with Gasteiger partial charge in [0.1, 0.15) is 11.5 Å². The molecular weight excluding hydrogens is 252 g/mol. The molecular formula is C17H24O3. The van der Waals surface area contributed by atoms with E-state index in [-0.39, 0.29) is 22.5 Å². The largest absolute Gasteiger partial charge is 0.508 e. The van der Waals surface area contributed by atoms with Crippen molar-refractivity contribution in [3.05, 3.63) is 23.3 Å². The predicted molar refractivity (Wildman–Crippen MR) is 79.1 cm³/mol. The minimum Gasteiger partial charge on any atom is -0.508 e. The van der Waals surface area contributed by atoms with Gasteiger partial charge in [-0.1, -0.05) is 27.2 Å². The minimum absolute atomic E-state index is 0.0454. The van der Waals surface area contributed by atoms with E-state index in [2.05, 4.69) is 20.8 Å². The summed E-state index contributed by atoms with van der Waals surface area (Å²) in [7, 11) is 0. The lowest BCUT2D eigenvalue weighted by Crippen LogP contribution is -2.34. The lowest BCUT2D eigenvalue weighted by atomic mass is 9.65. The van der Waals surface area contributed by atoms with Crippen molar-refractivity contribution in [3.8, 4) is 11.5 Å². The molecule has 0 heterocycles. The van der Waals surface area contributed by atoms with Crippen molar-refractivity contribution >= 4 is 5.97 Å². The highest BCUT2D eigenvalue weighted by molar-refractivity contribution is 5.70. The number of rotatable bonds is 2. The Kier molecular flexibility index (Phi) is 3.57. The van der Waals surface area contributed by atoms with E-state index in [1.807, 2.05) is 13.0 Å². The van der Waals surface area contributed by atoms with Crippen molar-refractivity contribution in [3.63, 3.8) is 0 Å². The maximum Gasteiger partial charge on any atom is 0.308 e. The molecule has 0 aliphatic heterocycles. The summed E-state index contributed by atoms with van der Waals surface area (Å²) in [5.74, 6) is 0.316. The fourth-order valence-corrected chi connectivity index (χ4v) is 3.35. The first kappa shape index (κ1) is 14.9. The van der Waals surface area contributed by atoms with E-state index in [4.69, 9.17) is 4.74 Å². The van der Waals surface area contributed by atoms with Crippen LogP contribution >= 0.6 is 0 Å². The van der Waals surface area contributed by atoms with Crippen molar-refractivity contribution in [2.75, 3.05) is 0 Å². The van der Waals surface area contributed by atoms with Crippen LogP contribution in [0.5, 0.6) is 11.5 Å². The molecule has 3 heteroatoms. The summed E-state index contributed by atoms with van der Waals surface area (Å²) in [6, 6.07) is 3.55. The fourth-order valence-electron chi connectivity index (χ4n) is 3.35. The maximum atomic E-state index is 11.3. The molecule has 3 nitrogen and oxygen atoms in total. The van der Waals surface area contributed by atoms with E-state index < -0.39 is 0 Å². The molecule has 1 aliphatic rings. The van der Waals surface area contributed by atoms with Gasteiger partial charge in [-0.05, 0) is 36.8 Å². The van der Waals surface area contributed by atoms with E-state index >= 15 is 0 Å². The van der Waals surface area contributed by atoms with Crippen LogP contribution in [-0.2, 0) is 10.2 Å². The Morgan fingerprint density at radius 1 is 1.25 bits per heavy atom. The van der Waals surface area contributed by atoms with Crippen LogP contribution in [0.2, 0.25) is 0 Å². The number of hydrogen-bond acceptors (Lipinski definition) is 3. The van der Waals surface area contributed by atoms with Crippen LogP contribution < -0.4 is 4.74 Å². The number of ether oxygens (including phenoxy) is 1. The van der Waals surface area contributed by atoms with Gasteiger partial charge < -0.3 is 9.84 Å². The molecule has 110 valence electrons. The standard InChI is InChI=1S/C17H24O3/c1-11-9-13(15(10-14(11)19)20-12(2)18)17(5)8-6-7-16(17,3)4/h9-10,19H,6-8H2,1-5H3/t17-/m0/s1. The molecule has 0 radical (unpaired) electrons. The average molecular weight is 276 g/mol. The molecule has 20 heavy (non-hydrogen) atoms. The number of phenols is 1. The molecule has 0 unspecified atom stereocenters. The van der Waals surface area contributed by atoms with Crippen molar-refractivity contribution in [2.24, 2.45) is 5.41 Å². The minimum atomic E-state index is -0.353. The second-order valence-corrected chi connectivity index (χ2v) is 6.80. The van der Waals surface area contributed by atoms with Gasteiger partial charge >= 0.3 is 5.97 Å². The number of aromatic hydroxyl groups is 1. The van der Waals surface area contributed by atoms with Crippen LogP contribution in [-0.4, -0.2) is 11.1 Å². The summed E-state index contributed by atoms with van der Waals surface area (Å²) in [6.07, 6.45) is 3.39. The highest BCUT2D eigenvalue weighted by Gasteiger charge is 2.47. The Labute approximate surface area is 121 Å². The summed E-state index contributed by atoms with van der Waals surface area (Å²) in [6.45, 7) is 10.0. The van der Waals surface area contributed by atoms with E-state index in [1.54, 1.807) is 6.07 Å². The van der Waals surface area contributed by atoms with Crippen molar-refractivity contribution < 1.29 is 14.6 Å². The lowest BCUT2D eigenvalue weighted by molar-refractivity contribution is -0.132. The fraction of sp³-hybridized carbons (Fsp3) is 0.588. The zero-order valence-corrected chi connectivity index (χ0v) is 13.0. The predicted octanol–water partition coefficient (Wildman–Crippen LogP) is 4.09. The molecule has 1 saturated carbocycles. The first-order valence-corrected chi connectivity index (χ1v) is 7.20. The van der Waals surface area contributed by atoms with Crippen molar-refractivity contribution in [1.29, 1.82) is 0 Å². The number of carbonyl (C=O) groups is 1. The smallest absolute Gasteiger partial charge is 0.308 e. The van der Waals surface area contributed by atoms with Crippen LogP contribution in [0.3, 0.4) is 0 Å². The Morgan fingerprint density at radius 3 is 2.40 bits per heavy atom.